The van der Waals surface area contributed by atoms with Gasteiger partial charge in [0.15, 0.2) is 5.65 Å². The van der Waals surface area contributed by atoms with Crippen molar-refractivity contribution in [1.29, 1.82) is 0 Å². The lowest BCUT2D eigenvalue weighted by atomic mass is 10.1. The van der Waals surface area contributed by atoms with E-state index in [1.807, 2.05) is 0 Å². The Kier molecular flexibility index (Phi) is 4.52. The van der Waals surface area contributed by atoms with Crippen molar-refractivity contribution < 1.29 is 9.18 Å². The van der Waals surface area contributed by atoms with Crippen molar-refractivity contribution in [3.63, 3.8) is 0 Å². The second-order valence-electron chi connectivity index (χ2n) is 6.85. The molecule has 1 N–H and O–H groups in total. The average Bonchev–Trinajstić information content (AvgIpc) is 3.32. The molecule has 8 nitrogen and oxygen atoms in total. The van der Waals surface area contributed by atoms with E-state index in [1.54, 1.807) is 53.2 Å². The number of nitrogens with zero attached hydrogens (tertiary/aromatic N) is 5. The van der Waals surface area contributed by atoms with Gasteiger partial charge in [0.25, 0.3) is 0 Å². The molecule has 5 rings (SSSR count). The summed E-state index contributed by atoms with van der Waals surface area (Å²) in [7, 11) is 0. The molecule has 154 valence electrons. The van der Waals surface area contributed by atoms with Gasteiger partial charge < -0.3 is 5.32 Å². The number of hydrogen-bond acceptors (Lipinski definition) is 4. The summed E-state index contributed by atoms with van der Waals surface area (Å²) >= 11 is 5.84. The molecule has 5 aromatic rings. The van der Waals surface area contributed by atoms with Crippen LogP contribution in [0.15, 0.2) is 71.8 Å². The standard InChI is InChI=1S/C21H14ClFN6O2/c22-14-3-7-16(8-4-14)24-19(30)12-29-21(31)27-9-10-28-18(20(27)26-29)11-17(25-28)13-1-5-15(23)6-2-13/h1-11H,12H2,(H,24,30). The molecule has 0 saturated heterocycles. The normalized spacial score (nSPS) is 11.3. The number of benzene rings is 2. The van der Waals surface area contributed by atoms with E-state index < -0.39 is 11.6 Å². The SMILES string of the molecule is O=C(Cn1nc2c3cc(-c4ccc(F)cc4)nn3ccn2c1=O)Nc1ccc(Cl)cc1. The molecule has 3 aromatic heterocycles. The summed E-state index contributed by atoms with van der Waals surface area (Å²) in [4.78, 5) is 25.1. The smallest absolute Gasteiger partial charge is 0.324 e. The maximum absolute atomic E-state index is 13.2. The maximum atomic E-state index is 13.2. The molecule has 0 aliphatic heterocycles. The number of fused-ring (bicyclic) bond motifs is 3. The number of amides is 1. The molecule has 0 unspecified atom stereocenters. The first kappa shape index (κ1) is 19.0. The van der Waals surface area contributed by atoms with E-state index in [1.165, 1.54) is 22.7 Å². The predicted octanol–water partition coefficient (Wildman–Crippen LogP) is 3.24. The van der Waals surface area contributed by atoms with Crippen molar-refractivity contribution >= 4 is 34.4 Å². The highest BCUT2D eigenvalue weighted by atomic mass is 35.5. The summed E-state index contributed by atoms with van der Waals surface area (Å²) < 4.78 is 17.2. The van der Waals surface area contributed by atoms with Gasteiger partial charge in [0.1, 0.15) is 17.9 Å². The molecule has 2 aromatic carbocycles. The molecule has 0 saturated carbocycles. The third-order valence-corrected chi connectivity index (χ3v) is 5.01. The number of carbonyl (C=O) groups is 1. The summed E-state index contributed by atoms with van der Waals surface area (Å²) in [6, 6.07) is 14.4. The second kappa shape index (κ2) is 7.37. The molecule has 0 atom stereocenters. The summed E-state index contributed by atoms with van der Waals surface area (Å²) in [5.41, 5.74) is 2.38. The fourth-order valence-electron chi connectivity index (χ4n) is 3.27. The molecular formula is C21H14ClFN6O2. The first-order chi connectivity index (χ1) is 15.0. The summed E-state index contributed by atoms with van der Waals surface area (Å²) in [5, 5.41) is 12.0. The van der Waals surface area contributed by atoms with E-state index in [-0.39, 0.29) is 12.4 Å². The topological polar surface area (TPSA) is 85.7 Å². The molecule has 0 bridgehead atoms. The Morgan fingerprint density at radius 2 is 1.77 bits per heavy atom. The highest BCUT2D eigenvalue weighted by Crippen LogP contribution is 2.21. The van der Waals surface area contributed by atoms with Crippen LogP contribution < -0.4 is 11.0 Å². The van der Waals surface area contributed by atoms with Crippen molar-refractivity contribution in [2.45, 2.75) is 6.54 Å². The minimum Gasteiger partial charge on any atom is -0.324 e. The van der Waals surface area contributed by atoms with Gasteiger partial charge in [-0.2, -0.15) is 5.10 Å². The lowest BCUT2D eigenvalue weighted by Crippen LogP contribution is -2.28. The Labute approximate surface area is 179 Å². The Hall–Kier alpha value is -3.98. The Bertz CT molecular complexity index is 1490. The predicted molar refractivity (Wildman–Crippen MR) is 114 cm³/mol. The van der Waals surface area contributed by atoms with E-state index in [2.05, 4.69) is 15.5 Å². The van der Waals surface area contributed by atoms with Crippen LogP contribution in [-0.4, -0.2) is 29.7 Å². The molecule has 0 aliphatic rings. The van der Waals surface area contributed by atoms with Gasteiger partial charge >= 0.3 is 5.69 Å². The zero-order valence-corrected chi connectivity index (χ0v) is 16.6. The molecule has 10 heteroatoms. The van der Waals surface area contributed by atoms with Gasteiger partial charge in [-0.15, -0.1) is 5.10 Å². The van der Waals surface area contributed by atoms with Crippen molar-refractivity contribution in [3.05, 3.63) is 88.3 Å². The third kappa shape index (κ3) is 3.55. The number of anilines is 1. The molecule has 31 heavy (non-hydrogen) atoms. The Morgan fingerprint density at radius 1 is 1.03 bits per heavy atom. The lowest BCUT2D eigenvalue weighted by Gasteiger charge is -2.04. The Balaban J connectivity index is 1.48. The monoisotopic (exact) mass is 436 g/mol. The first-order valence-electron chi connectivity index (χ1n) is 9.27. The van der Waals surface area contributed by atoms with Crippen LogP contribution in [0.1, 0.15) is 0 Å². The second-order valence-corrected chi connectivity index (χ2v) is 7.29. The molecule has 0 aliphatic carbocycles. The van der Waals surface area contributed by atoms with Crippen LogP contribution in [0.25, 0.3) is 22.4 Å². The first-order valence-corrected chi connectivity index (χ1v) is 9.65. The van der Waals surface area contributed by atoms with Crippen LogP contribution in [0.2, 0.25) is 5.02 Å². The van der Waals surface area contributed by atoms with Crippen molar-refractivity contribution in [1.82, 2.24) is 23.8 Å². The molecule has 3 heterocycles. The van der Waals surface area contributed by atoms with Gasteiger partial charge in [-0.25, -0.2) is 22.8 Å². The minimum atomic E-state index is -0.451. The number of aromatic nitrogens is 5. The largest absolute Gasteiger partial charge is 0.350 e. The van der Waals surface area contributed by atoms with Gasteiger partial charge in [-0.3, -0.25) is 4.79 Å². The lowest BCUT2D eigenvalue weighted by molar-refractivity contribution is -0.117. The van der Waals surface area contributed by atoms with Crippen molar-refractivity contribution in [2.24, 2.45) is 0 Å². The van der Waals surface area contributed by atoms with E-state index in [9.17, 15) is 14.0 Å². The van der Waals surface area contributed by atoms with Gasteiger partial charge in [0, 0.05) is 28.7 Å². The summed E-state index contributed by atoms with van der Waals surface area (Å²) in [5.74, 6) is -0.735. The molecular weight excluding hydrogens is 423 g/mol. The molecule has 0 radical (unpaired) electrons. The van der Waals surface area contributed by atoms with E-state index in [0.29, 0.717) is 27.6 Å². The van der Waals surface area contributed by atoms with Crippen molar-refractivity contribution in [3.8, 4) is 11.3 Å². The van der Waals surface area contributed by atoms with Gasteiger partial charge in [0.2, 0.25) is 5.91 Å². The number of hydrogen-bond donors (Lipinski definition) is 1. The number of halogens is 2. The highest BCUT2D eigenvalue weighted by Gasteiger charge is 2.15. The van der Waals surface area contributed by atoms with Gasteiger partial charge in [0.05, 0.1) is 5.69 Å². The number of carbonyl (C=O) groups excluding carboxylic acids is 1. The fraction of sp³-hybridized carbons (Fsp3) is 0.0476. The maximum Gasteiger partial charge on any atom is 0.350 e. The minimum absolute atomic E-state index is 0.256. The van der Waals surface area contributed by atoms with Crippen LogP contribution in [0, 0.1) is 5.82 Å². The fourth-order valence-corrected chi connectivity index (χ4v) is 3.39. The highest BCUT2D eigenvalue weighted by molar-refractivity contribution is 6.30. The van der Waals surface area contributed by atoms with E-state index in [4.69, 9.17) is 11.6 Å². The van der Waals surface area contributed by atoms with Gasteiger partial charge in [-0.1, -0.05) is 11.6 Å². The zero-order valence-electron chi connectivity index (χ0n) is 15.9. The third-order valence-electron chi connectivity index (χ3n) is 4.75. The van der Waals surface area contributed by atoms with Crippen LogP contribution in [0.3, 0.4) is 0 Å². The Morgan fingerprint density at radius 3 is 2.52 bits per heavy atom. The molecule has 0 spiro atoms. The van der Waals surface area contributed by atoms with Crippen molar-refractivity contribution in [2.75, 3.05) is 5.32 Å². The summed E-state index contributed by atoms with van der Waals surface area (Å²) in [6.45, 7) is -0.256. The number of nitrogens with one attached hydrogen (secondary N) is 1. The molecule has 0 fully saturated rings. The summed E-state index contributed by atoms with van der Waals surface area (Å²) in [6.07, 6.45) is 3.16. The van der Waals surface area contributed by atoms with Crippen LogP contribution in [-0.2, 0) is 11.3 Å². The average molecular weight is 437 g/mol. The zero-order chi connectivity index (χ0) is 21.5. The van der Waals surface area contributed by atoms with E-state index in [0.717, 1.165) is 10.2 Å². The number of rotatable bonds is 4. The van der Waals surface area contributed by atoms with Gasteiger partial charge in [-0.05, 0) is 54.6 Å². The molecule has 1 amide bonds. The van der Waals surface area contributed by atoms with Crippen LogP contribution in [0.5, 0.6) is 0 Å². The van der Waals surface area contributed by atoms with Crippen LogP contribution >= 0.6 is 11.6 Å². The van der Waals surface area contributed by atoms with Crippen LogP contribution in [0.4, 0.5) is 10.1 Å². The quantitative estimate of drug-likeness (QED) is 0.468. The van der Waals surface area contributed by atoms with E-state index >= 15 is 0 Å².